The summed E-state index contributed by atoms with van der Waals surface area (Å²) in [6, 6.07) is 11.2. The van der Waals surface area contributed by atoms with Gasteiger partial charge in [-0.15, -0.1) is 0 Å². The largest absolute Gasteiger partial charge is 0.490 e. The van der Waals surface area contributed by atoms with Gasteiger partial charge in [0.15, 0.2) is 11.5 Å². The van der Waals surface area contributed by atoms with E-state index in [1.807, 2.05) is 0 Å². The minimum atomic E-state index is -0.679. The van der Waals surface area contributed by atoms with E-state index in [0.29, 0.717) is 23.5 Å². The minimum Gasteiger partial charge on any atom is -0.490 e. The van der Waals surface area contributed by atoms with Crippen LogP contribution in [0.15, 0.2) is 58.6 Å². The van der Waals surface area contributed by atoms with E-state index >= 15 is 0 Å². The fourth-order valence-corrected chi connectivity index (χ4v) is 3.93. The number of esters is 1. The molecule has 0 unspecified atom stereocenters. The predicted molar refractivity (Wildman–Crippen MR) is 137 cm³/mol. The van der Waals surface area contributed by atoms with Crippen molar-refractivity contribution in [3.63, 3.8) is 0 Å². The zero-order valence-corrected chi connectivity index (χ0v) is 21.5. The van der Waals surface area contributed by atoms with E-state index in [2.05, 4.69) is 10.1 Å². The zero-order chi connectivity index (χ0) is 28.1. The number of nitro groups is 1. The van der Waals surface area contributed by atoms with Gasteiger partial charge in [0.05, 0.1) is 30.2 Å². The minimum absolute atomic E-state index is 0.00203. The van der Waals surface area contributed by atoms with Crippen LogP contribution in [0.4, 0.5) is 10.5 Å². The average molecular weight is 556 g/mol. The molecule has 13 heteroatoms. The number of methoxy groups -OCH3 is 1. The Kier molecular flexibility index (Phi) is 8.15. The van der Waals surface area contributed by atoms with Crippen LogP contribution in [-0.4, -0.2) is 41.4 Å². The van der Waals surface area contributed by atoms with Crippen LogP contribution in [0.2, 0.25) is 5.02 Å². The Morgan fingerprint density at radius 1 is 1.15 bits per heavy atom. The van der Waals surface area contributed by atoms with Gasteiger partial charge in [-0.1, -0.05) is 11.6 Å². The highest BCUT2D eigenvalue weighted by Gasteiger charge is 2.34. The van der Waals surface area contributed by atoms with Crippen molar-refractivity contribution in [2.24, 2.45) is 0 Å². The molecule has 0 atom stereocenters. The van der Waals surface area contributed by atoms with E-state index in [4.69, 9.17) is 25.5 Å². The number of nitrogens with one attached hydrogen (secondary N) is 1. The molecule has 0 spiro atoms. The normalized spacial score (nSPS) is 13.9. The monoisotopic (exact) mass is 555 g/mol. The lowest BCUT2D eigenvalue weighted by molar-refractivity contribution is -0.384. The molecule has 2 aromatic carbocycles. The second kappa shape index (κ2) is 11.7. The van der Waals surface area contributed by atoms with Crippen molar-refractivity contribution in [1.82, 2.24) is 10.2 Å². The van der Waals surface area contributed by atoms with Crippen molar-refractivity contribution in [3.8, 4) is 11.5 Å². The maximum atomic E-state index is 12.9. The number of nitrogens with zero attached hydrogens (tertiary/aromatic N) is 2. The number of imide groups is 1. The Balaban J connectivity index is 1.51. The van der Waals surface area contributed by atoms with Crippen LogP contribution in [0.5, 0.6) is 11.5 Å². The van der Waals surface area contributed by atoms with Crippen LogP contribution in [0.25, 0.3) is 6.08 Å². The number of hydrogen-bond donors (Lipinski definition) is 1. The number of hydrogen-bond acceptors (Lipinski definition) is 9. The summed E-state index contributed by atoms with van der Waals surface area (Å²) in [6.07, 6.45) is 1.44. The molecule has 1 aliphatic rings. The SMILES string of the molecule is CCOc1cc(/C=C2\NC(=O)N(Cc3ccc(C(=O)OC)o3)C2=O)cc(Cl)c1OCc1ccc([N+](=O)[O-])cc1. The number of urea groups is 1. The molecule has 1 fully saturated rings. The standard InChI is InChI=1S/C26H22ClN3O9/c1-3-37-22-12-16(10-19(27)23(22)38-14-15-4-6-17(7-5-15)30(34)35)11-20-24(31)29(26(33)28-20)13-18-8-9-21(39-18)25(32)36-2/h4-12H,3,13-14H2,1-2H3,(H,28,33)/b20-11-. The fraction of sp³-hybridized carbons (Fsp3) is 0.192. The third kappa shape index (κ3) is 6.18. The second-order valence-electron chi connectivity index (χ2n) is 8.11. The number of ether oxygens (including phenoxy) is 3. The summed E-state index contributed by atoms with van der Waals surface area (Å²) in [5.41, 5.74) is 1.10. The third-order valence-electron chi connectivity index (χ3n) is 5.50. The van der Waals surface area contributed by atoms with Crippen molar-refractivity contribution in [2.45, 2.75) is 20.1 Å². The van der Waals surface area contributed by atoms with Gasteiger partial charge in [0.2, 0.25) is 5.76 Å². The molecule has 1 saturated heterocycles. The molecule has 1 aliphatic heterocycles. The predicted octanol–water partition coefficient (Wildman–Crippen LogP) is 4.70. The Morgan fingerprint density at radius 2 is 1.90 bits per heavy atom. The Bertz CT molecular complexity index is 1460. The highest BCUT2D eigenvalue weighted by atomic mass is 35.5. The Morgan fingerprint density at radius 3 is 2.56 bits per heavy atom. The number of amides is 3. The van der Waals surface area contributed by atoms with Gasteiger partial charge in [0.1, 0.15) is 18.1 Å². The number of furan rings is 1. The molecule has 39 heavy (non-hydrogen) atoms. The van der Waals surface area contributed by atoms with Gasteiger partial charge in [0, 0.05) is 12.1 Å². The van der Waals surface area contributed by atoms with Crippen LogP contribution in [0, 0.1) is 10.1 Å². The lowest BCUT2D eigenvalue weighted by Gasteiger charge is -2.15. The highest BCUT2D eigenvalue weighted by molar-refractivity contribution is 6.32. The summed E-state index contributed by atoms with van der Waals surface area (Å²) in [5, 5.41) is 13.5. The van der Waals surface area contributed by atoms with Crippen molar-refractivity contribution >= 4 is 41.3 Å². The molecule has 202 valence electrons. The molecule has 0 saturated carbocycles. The van der Waals surface area contributed by atoms with Gasteiger partial charge in [0.25, 0.3) is 11.6 Å². The summed E-state index contributed by atoms with van der Waals surface area (Å²) in [5.74, 6) is -0.564. The van der Waals surface area contributed by atoms with E-state index in [9.17, 15) is 24.5 Å². The first kappa shape index (κ1) is 27.2. The van der Waals surface area contributed by atoms with Crippen molar-refractivity contribution < 1.29 is 37.9 Å². The van der Waals surface area contributed by atoms with Crippen molar-refractivity contribution in [3.05, 3.63) is 92.0 Å². The molecule has 4 rings (SSSR count). The number of rotatable bonds is 10. The lowest BCUT2D eigenvalue weighted by atomic mass is 10.1. The fourth-order valence-electron chi connectivity index (χ4n) is 3.65. The van der Waals surface area contributed by atoms with Crippen LogP contribution in [0.3, 0.4) is 0 Å². The number of halogens is 1. The van der Waals surface area contributed by atoms with Gasteiger partial charge in [-0.25, -0.2) is 9.59 Å². The van der Waals surface area contributed by atoms with Gasteiger partial charge in [-0.05, 0) is 60.5 Å². The Labute approximate surface area is 226 Å². The molecular formula is C26H22ClN3O9. The topological polar surface area (TPSA) is 150 Å². The Hall–Kier alpha value is -4.84. The molecule has 1 aromatic heterocycles. The van der Waals surface area contributed by atoms with E-state index < -0.39 is 22.8 Å². The van der Waals surface area contributed by atoms with Gasteiger partial charge < -0.3 is 23.9 Å². The summed E-state index contributed by atoms with van der Waals surface area (Å²) in [4.78, 5) is 48.3. The smallest absolute Gasteiger partial charge is 0.373 e. The first-order chi connectivity index (χ1) is 18.7. The second-order valence-corrected chi connectivity index (χ2v) is 8.52. The highest BCUT2D eigenvalue weighted by Crippen LogP contribution is 2.38. The maximum Gasteiger partial charge on any atom is 0.373 e. The lowest BCUT2D eigenvalue weighted by Crippen LogP contribution is -2.30. The molecule has 1 N–H and O–H groups in total. The zero-order valence-electron chi connectivity index (χ0n) is 20.8. The first-order valence-electron chi connectivity index (χ1n) is 11.5. The molecule has 0 aliphatic carbocycles. The average Bonchev–Trinajstić information content (AvgIpc) is 3.48. The van der Waals surface area contributed by atoms with Crippen LogP contribution >= 0.6 is 11.6 Å². The number of carbonyl (C=O) groups excluding carboxylic acids is 3. The molecule has 3 amide bonds. The van der Waals surface area contributed by atoms with Crippen molar-refractivity contribution in [1.29, 1.82) is 0 Å². The van der Waals surface area contributed by atoms with Gasteiger partial charge in [-0.2, -0.15) is 0 Å². The summed E-state index contributed by atoms with van der Waals surface area (Å²) >= 11 is 6.47. The third-order valence-corrected chi connectivity index (χ3v) is 5.78. The maximum absolute atomic E-state index is 12.9. The molecule has 12 nitrogen and oxygen atoms in total. The summed E-state index contributed by atoms with van der Waals surface area (Å²) in [7, 11) is 1.21. The van der Waals surface area contributed by atoms with Gasteiger partial charge in [-0.3, -0.25) is 19.8 Å². The molecule has 2 heterocycles. The van der Waals surface area contributed by atoms with Crippen LogP contribution < -0.4 is 14.8 Å². The molecule has 0 bridgehead atoms. The van der Waals surface area contributed by atoms with E-state index in [1.165, 1.54) is 37.5 Å². The first-order valence-corrected chi connectivity index (χ1v) is 11.9. The number of nitro benzene ring substituents is 1. The number of carbonyl (C=O) groups is 3. The number of non-ortho nitro benzene ring substituents is 1. The van der Waals surface area contributed by atoms with E-state index in [-0.39, 0.29) is 46.8 Å². The van der Waals surface area contributed by atoms with Crippen LogP contribution in [0.1, 0.15) is 34.4 Å². The summed E-state index contributed by atoms with van der Waals surface area (Å²) < 4.78 is 21.5. The van der Waals surface area contributed by atoms with E-state index in [1.54, 1.807) is 31.2 Å². The van der Waals surface area contributed by atoms with Gasteiger partial charge >= 0.3 is 12.0 Å². The van der Waals surface area contributed by atoms with E-state index in [0.717, 1.165) is 4.90 Å². The molecule has 3 aromatic rings. The molecular weight excluding hydrogens is 534 g/mol. The van der Waals surface area contributed by atoms with Crippen molar-refractivity contribution in [2.75, 3.05) is 13.7 Å². The molecule has 0 radical (unpaired) electrons. The number of benzene rings is 2. The van der Waals surface area contributed by atoms with Crippen LogP contribution in [-0.2, 0) is 22.7 Å². The summed E-state index contributed by atoms with van der Waals surface area (Å²) in [6.45, 7) is 1.95. The quantitative estimate of drug-likeness (QED) is 0.123.